The van der Waals surface area contributed by atoms with Crippen LogP contribution in [0.5, 0.6) is 0 Å². The summed E-state index contributed by atoms with van der Waals surface area (Å²) in [6.45, 7) is 7.58. The van der Waals surface area contributed by atoms with Gasteiger partial charge in [0.1, 0.15) is 0 Å². The van der Waals surface area contributed by atoms with E-state index < -0.39 is 10.0 Å². The lowest BCUT2D eigenvalue weighted by atomic mass is 10.2. The number of amides is 1. The monoisotopic (exact) mass is 490 g/mol. The van der Waals surface area contributed by atoms with Crippen LogP contribution >= 0.6 is 11.8 Å². The van der Waals surface area contributed by atoms with E-state index in [1.807, 2.05) is 38.5 Å². The summed E-state index contributed by atoms with van der Waals surface area (Å²) >= 11 is 1.34. The molecule has 1 aromatic carbocycles. The molecule has 0 saturated carbocycles. The summed E-state index contributed by atoms with van der Waals surface area (Å²) in [6.07, 6.45) is 2.86. The molecule has 0 radical (unpaired) electrons. The molecule has 1 aliphatic rings. The number of nitrogens with zero attached hydrogens (tertiary/aromatic N) is 5. The zero-order chi connectivity index (χ0) is 23.8. The van der Waals surface area contributed by atoms with E-state index in [-0.39, 0.29) is 16.6 Å². The quantitative estimate of drug-likeness (QED) is 0.510. The number of imidazole rings is 1. The Morgan fingerprint density at radius 1 is 1.18 bits per heavy atom. The molecule has 0 atom stereocenters. The Kier molecular flexibility index (Phi) is 6.83. The maximum Gasteiger partial charge on any atom is 0.243 e. The highest BCUT2D eigenvalue weighted by Crippen LogP contribution is 2.28. The van der Waals surface area contributed by atoms with Crippen LogP contribution in [0.25, 0.3) is 11.0 Å². The molecule has 1 amide bonds. The summed E-state index contributed by atoms with van der Waals surface area (Å²) in [6, 6.07) is 5.13. The number of nitrogens with one attached hydrogen (secondary N) is 1. The first-order chi connectivity index (χ1) is 15.7. The molecule has 0 unspecified atom stereocenters. The van der Waals surface area contributed by atoms with Crippen molar-refractivity contribution < 1.29 is 13.2 Å². The molecule has 3 heterocycles. The Balaban J connectivity index is 1.53. The number of aromatic nitrogens is 4. The summed E-state index contributed by atoms with van der Waals surface area (Å²) in [4.78, 5) is 17.5. The van der Waals surface area contributed by atoms with Gasteiger partial charge in [-0.05, 0) is 51.8 Å². The van der Waals surface area contributed by atoms with Gasteiger partial charge in [0.25, 0.3) is 0 Å². The molecule has 1 aliphatic heterocycles. The van der Waals surface area contributed by atoms with Crippen molar-refractivity contribution in [1.29, 1.82) is 0 Å². The van der Waals surface area contributed by atoms with Crippen LogP contribution < -0.4 is 5.32 Å². The average molecular weight is 491 g/mol. The van der Waals surface area contributed by atoms with Gasteiger partial charge in [-0.25, -0.2) is 13.4 Å². The van der Waals surface area contributed by atoms with Crippen LogP contribution in [0.4, 0.5) is 5.69 Å². The second-order valence-electron chi connectivity index (χ2n) is 8.26. The number of anilines is 1. The smallest absolute Gasteiger partial charge is 0.243 e. The van der Waals surface area contributed by atoms with E-state index >= 15 is 0 Å². The molecular formula is C22H30N6O3S2. The third-order valence-corrected chi connectivity index (χ3v) is 8.93. The van der Waals surface area contributed by atoms with Crippen molar-refractivity contribution in [3.8, 4) is 0 Å². The fraction of sp³-hybridized carbons (Fsp3) is 0.500. The lowest BCUT2D eigenvalue weighted by molar-refractivity contribution is -0.113. The maximum absolute atomic E-state index is 13.1. The van der Waals surface area contributed by atoms with E-state index in [1.165, 1.54) is 11.8 Å². The molecule has 0 bridgehead atoms. The lowest BCUT2D eigenvalue weighted by Gasteiger charge is -2.25. The van der Waals surface area contributed by atoms with Crippen molar-refractivity contribution in [3.05, 3.63) is 29.6 Å². The van der Waals surface area contributed by atoms with E-state index in [0.29, 0.717) is 30.3 Å². The zero-order valence-corrected chi connectivity index (χ0v) is 21.1. The van der Waals surface area contributed by atoms with E-state index in [2.05, 4.69) is 15.4 Å². The summed E-state index contributed by atoms with van der Waals surface area (Å²) < 4.78 is 31.4. The predicted octanol–water partition coefficient (Wildman–Crippen LogP) is 3.31. The first-order valence-electron chi connectivity index (χ1n) is 11.2. The Morgan fingerprint density at radius 2 is 1.91 bits per heavy atom. The van der Waals surface area contributed by atoms with Crippen LogP contribution in [0.3, 0.4) is 0 Å². The highest BCUT2D eigenvalue weighted by atomic mass is 32.2. The standard InChI is InChI=1S/C22H30N6O3S2/c1-5-28-19-10-9-17(33(30,31)27-11-7-6-8-12-27)13-18(19)23-22(28)32-14-20(29)24-21-15(2)25-26(4)16(21)3/h9-10,13H,5-8,11-12,14H2,1-4H3,(H,24,29). The normalized spacial score (nSPS) is 15.3. The molecule has 11 heteroatoms. The highest BCUT2D eigenvalue weighted by Gasteiger charge is 2.27. The molecule has 9 nitrogen and oxygen atoms in total. The van der Waals surface area contributed by atoms with Gasteiger partial charge in [0.05, 0.1) is 38.8 Å². The minimum atomic E-state index is -3.53. The second kappa shape index (κ2) is 9.47. The fourth-order valence-electron chi connectivity index (χ4n) is 4.18. The van der Waals surface area contributed by atoms with Crippen LogP contribution in [0.1, 0.15) is 37.6 Å². The van der Waals surface area contributed by atoms with Gasteiger partial charge in [-0.1, -0.05) is 18.2 Å². The predicted molar refractivity (Wildman–Crippen MR) is 130 cm³/mol. The Morgan fingerprint density at radius 3 is 2.55 bits per heavy atom. The number of aryl methyl sites for hydroxylation is 3. The summed E-state index contributed by atoms with van der Waals surface area (Å²) in [7, 11) is -1.68. The summed E-state index contributed by atoms with van der Waals surface area (Å²) in [5.41, 5.74) is 3.89. The number of carbonyl (C=O) groups excluding carboxylic acids is 1. The van der Waals surface area contributed by atoms with Gasteiger partial charge in [0.15, 0.2) is 5.16 Å². The van der Waals surface area contributed by atoms with E-state index in [1.54, 1.807) is 21.1 Å². The van der Waals surface area contributed by atoms with Gasteiger partial charge >= 0.3 is 0 Å². The van der Waals surface area contributed by atoms with Crippen LogP contribution in [-0.2, 0) is 28.4 Å². The number of benzene rings is 1. The maximum atomic E-state index is 13.1. The second-order valence-corrected chi connectivity index (χ2v) is 11.1. The largest absolute Gasteiger partial charge is 0.322 e. The average Bonchev–Trinajstić information content (AvgIpc) is 3.28. The van der Waals surface area contributed by atoms with Crippen LogP contribution in [0.2, 0.25) is 0 Å². The number of hydrogen-bond donors (Lipinski definition) is 1. The number of piperidine rings is 1. The van der Waals surface area contributed by atoms with Crippen molar-refractivity contribution in [2.75, 3.05) is 24.2 Å². The van der Waals surface area contributed by atoms with Crippen LogP contribution in [-0.4, -0.2) is 56.8 Å². The van der Waals surface area contributed by atoms with E-state index in [4.69, 9.17) is 0 Å². The lowest BCUT2D eigenvalue weighted by Crippen LogP contribution is -2.35. The minimum Gasteiger partial charge on any atom is -0.322 e. The zero-order valence-electron chi connectivity index (χ0n) is 19.5. The van der Waals surface area contributed by atoms with Gasteiger partial charge in [-0.2, -0.15) is 9.40 Å². The van der Waals surface area contributed by atoms with Gasteiger partial charge in [-0.15, -0.1) is 0 Å². The summed E-state index contributed by atoms with van der Waals surface area (Å²) in [5.74, 6) is 0.0537. The molecule has 1 saturated heterocycles. The van der Waals surface area contributed by atoms with Crippen molar-refractivity contribution in [2.24, 2.45) is 7.05 Å². The van der Waals surface area contributed by atoms with Gasteiger partial charge in [-0.3, -0.25) is 9.48 Å². The number of fused-ring (bicyclic) bond motifs is 1. The van der Waals surface area contributed by atoms with Crippen molar-refractivity contribution in [1.82, 2.24) is 23.6 Å². The molecule has 3 aromatic rings. The molecule has 4 rings (SSSR count). The third kappa shape index (κ3) is 4.67. The Hall–Kier alpha value is -2.37. The summed E-state index contributed by atoms with van der Waals surface area (Å²) in [5, 5.41) is 7.96. The van der Waals surface area contributed by atoms with E-state index in [0.717, 1.165) is 41.9 Å². The van der Waals surface area contributed by atoms with Crippen LogP contribution in [0.15, 0.2) is 28.3 Å². The molecule has 2 aromatic heterocycles. The Bertz CT molecular complexity index is 1290. The minimum absolute atomic E-state index is 0.137. The number of thioether (sulfide) groups is 1. The number of hydrogen-bond acceptors (Lipinski definition) is 6. The number of carbonyl (C=O) groups is 1. The molecule has 178 valence electrons. The molecule has 0 spiro atoms. The van der Waals surface area contributed by atoms with Crippen molar-refractivity contribution in [3.63, 3.8) is 0 Å². The topological polar surface area (TPSA) is 102 Å². The van der Waals surface area contributed by atoms with E-state index in [9.17, 15) is 13.2 Å². The van der Waals surface area contributed by atoms with Gasteiger partial charge in [0.2, 0.25) is 15.9 Å². The molecule has 33 heavy (non-hydrogen) atoms. The third-order valence-electron chi connectivity index (χ3n) is 6.06. The molecule has 1 N–H and O–H groups in total. The van der Waals surface area contributed by atoms with Crippen molar-refractivity contribution in [2.45, 2.75) is 56.6 Å². The number of rotatable bonds is 7. The first-order valence-corrected chi connectivity index (χ1v) is 13.6. The SMILES string of the molecule is CCn1c(SCC(=O)Nc2c(C)nn(C)c2C)nc2cc(S(=O)(=O)N3CCCCC3)ccc21. The molecular weight excluding hydrogens is 460 g/mol. The number of sulfonamides is 1. The Labute approximate surface area is 198 Å². The van der Waals surface area contributed by atoms with Gasteiger partial charge < -0.3 is 9.88 Å². The molecule has 1 fully saturated rings. The fourth-order valence-corrected chi connectivity index (χ4v) is 6.59. The van der Waals surface area contributed by atoms with Gasteiger partial charge in [0, 0.05) is 26.7 Å². The van der Waals surface area contributed by atoms with Crippen LogP contribution in [0, 0.1) is 13.8 Å². The van der Waals surface area contributed by atoms with Crippen molar-refractivity contribution >= 4 is 44.4 Å². The molecule has 0 aliphatic carbocycles. The first kappa shape index (κ1) is 23.8. The highest BCUT2D eigenvalue weighted by molar-refractivity contribution is 7.99.